The number of benzene rings is 2. The molecule has 1 unspecified atom stereocenters. The molecule has 7 heteroatoms. The van der Waals surface area contributed by atoms with E-state index >= 15 is 0 Å². The van der Waals surface area contributed by atoms with Crippen molar-refractivity contribution in [1.82, 2.24) is 15.4 Å². The number of fused-ring (bicyclic) bond motifs is 1. The monoisotopic (exact) mass is 426 g/mol. The highest BCUT2D eigenvalue weighted by molar-refractivity contribution is 6.07. The number of rotatable bonds is 6. The lowest BCUT2D eigenvalue weighted by Crippen LogP contribution is -2.33. The minimum atomic E-state index is -0.0446. The van der Waals surface area contributed by atoms with Gasteiger partial charge in [0.15, 0.2) is 5.58 Å². The molecule has 0 fully saturated rings. The van der Waals surface area contributed by atoms with Crippen molar-refractivity contribution in [3.63, 3.8) is 0 Å². The van der Waals surface area contributed by atoms with Crippen LogP contribution in [-0.4, -0.2) is 21.6 Å². The average molecular weight is 426 g/mol. The number of hydrazone groups is 1. The first-order valence-corrected chi connectivity index (χ1v) is 10.6. The Kier molecular flexibility index (Phi) is 5.37. The topological polar surface area (TPSA) is 89.6 Å². The predicted octanol–water partition coefficient (Wildman–Crippen LogP) is 4.72. The highest BCUT2D eigenvalue weighted by atomic mass is 16.5. The Morgan fingerprint density at radius 3 is 2.62 bits per heavy atom. The molecule has 0 radical (unpaired) electrons. The van der Waals surface area contributed by atoms with Gasteiger partial charge in [-0.1, -0.05) is 13.0 Å². The molecule has 1 atom stereocenters. The van der Waals surface area contributed by atoms with E-state index in [2.05, 4.69) is 27.4 Å². The molecule has 160 valence electrons. The van der Waals surface area contributed by atoms with Crippen molar-refractivity contribution in [3.05, 3.63) is 78.1 Å². The fourth-order valence-corrected chi connectivity index (χ4v) is 3.76. The van der Waals surface area contributed by atoms with Gasteiger partial charge in [0.1, 0.15) is 17.9 Å². The number of hydrogen-bond donors (Lipinski definition) is 1. The lowest BCUT2D eigenvalue weighted by Gasteiger charge is -2.21. The van der Waals surface area contributed by atoms with Crippen molar-refractivity contribution >= 4 is 22.7 Å². The van der Waals surface area contributed by atoms with Gasteiger partial charge >= 0.3 is 0 Å². The standard InChI is InChI=1S/C25H22N4O3/c1-2-17-14-23(30)28-29-24(17)19-5-8-21-22(13-19)32-25(27-21)18-3-6-20(7-4-18)31-15-16-9-11-26-12-10-16/h3-13,17H,2,14-15H2,1H3,(H,28,30). The number of amides is 1. The summed E-state index contributed by atoms with van der Waals surface area (Å²) in [5.74, 6) is 1.37. The smallest absolute Gasteiger partial charge is 0.240 e. The summed E-state index contributed by atoms with van der Waals surface area (Å²) >= 11 is 0. The van der Waals surface area contributed by atoms with E-state index in [-0.39, 0.29) is 11.8 Å². The lowest BCUT2D eigenvalue weighted by atomic mass is 9.90. The number of nitrogens with zero attached hydrogens (tertiary/aromatic N) is 3. The van der Waals surface area contributed by atoms with Crippen molar-refractivity contribution in [2.45, 2.75) is 26.4 Å². The van der Waals surface area contributed by atoms with Gasteiger partial charge in [0.2, 0.25) is 11.8 Å². The van der Waals surface area contributed by atoms with E-state index in [1.54, 1.807) is 12.4 Å². The molecule has 32 heavy (non-hydrogen) atoms. The van der Waals surface area contributed by atoms with E-state index < -0.39 is 0 Å². The minimum absolute atomic E-state index is 0.0446. The second-order valence-electron chi connectivity index (χ2n) is 7.71. The Balaban J connectivity index is 1.35. The van der Waals surface area contributed by atoms with Gasteiger partial charge in [-0.3, -0.25) is 9.78 Å². The van der Waals surface area contributed by atoms with Crippen LogP contribution in [0.4, 0.5) is 0 Å². The minimum Gasteiger partial charge on any atom is -0.489 e. The Bertz CT molecular complexity index is 1280. The number of carbonyl (C=O) groups is 1. The number of hydrogen-bond acceptors (Lipinski definition) is 6. The van der Waals surface area contributed by atoms with Gasteiger partial charge in [-0.05, 0) is 60.5 Å². The molecule has 1 N–H and O–H groups in total. The number of aromatic nitrogens is 2. The van der Waals surface area contributed by atoms with Crippen molar-refractivity contribution in [3.8, 4) is 17.2 Å². The molecule has 1 aliphatic heterocycles. The number of carbonyl (C=O) groups excluding carboxylic acids is 1. The number of nitrogens with one attached hydrogen (secondary N) is 1. The first kappa shape index (κ1) is 19.9. The summed E-state index contributed by atoms with van der Waals surface area (Å²) in [5, 5.41) is 4.29. The van der Waals surface area contributed by atoms with Gasteiger partial charge in [0.05, 0.1) is 5.71 Å². The normalized spacial score (nSPS) is 16.0. The third-order valence-electron chi connectivity index (χ3n) is 5.55. The zero-order valence-electron chi connectivity index (χ0n) is 17.6. The predicted molar refractivity (Wildman–Crippen MR) is 121 cm³/mol. The largest absolute Gasteiger partial charge is 0.489 e. The SMILES string of the molecule is CCC1CC(=O)NN=C1c1ccc2nc(-c3ccc(OCc4ccncc4)cc3)oc2c1. The van der Waals surface area contributed by atoms with E-state index in [0.29, 0.717) is 24.5 Å². The van der Waals surface area contributed by atoms with Crippen molar-refractivity contribution in [1.29, 1.82) is 0 Å². The fourth-order valence-electron chi connectivity index (χ4n) is 3.76. The van der Waals surface area contributed by atoms with Gasteiger partial charge in [-0.25, -0.2) is 10.4 Å². The van der Waals surface area contributed by atoms with Gasteiger partial charge in [0.25, 0.3) is 0 Å². The van der Waals surface area contributed by atoms with Crippen LogP contribution in [0.15, 0.2) is 76.5 Å². The first-order chi connectivity index (χ1) is 15.7. The van der Waals surface area contributed by atoms with Crippen LogP contribution in [-0.2, 0) is 11.4 Å². The quantitative estimate of drug-likeness (QED) is 0.482. The van der Waals surface area contributed by atoms with Crippen LogP contribution in [0.2, 0.25) is 0 Å². The molecule has 1 aliphatic rings. The molecule has 7 nitrogen and oxygen atoms in total. The molecule has 0 saturated carbocycles. The van der Waals surface area contributed by atoms with E-state index in [0.717, 1.165) is 40.1 Å². The van der Waals surface area contributed by atoms with Gasteiger partial charge in [-0.15, -0.1) is 0 Å². The molecule has 5 rings (SSSR count). The molecule has 0 bridgehead atoms. The van der Waals surface area contributed by atoms with Crippen LogP contribution in [0, 0.1) is 5.92 Å². The van der Waals surface area contributed by atoms with Gasteiger partial charge in [-0.2, -0.15) is 5.10 Å². The maximum Gasteiger partial charge on any atom is 0.240 e. The third kappa shape index (κ3) is 4.09. The molecular weight excluding hydrogens is 404 g/mol. The third-order valence-corrected chi connectivity index (χ3v) is 5.55. The Morgan fingerprint density at radius 1 is 1.06 bits per heavy atom. The summed E-state index contributed by atoms with van der Waals surface area (Å²) in [6, 6.07) is 17.4. The van der Waals surface area contributed by atoms with E-state index in [1.165, 1.54) is 0 Å². The highest BCUT2D eigenvalue weighted by Gasteiger charge is 2.24. The maximum absolute atomic E-state index is 11.7. The first-order valence-electron chi connectivity index (χ1n) is 10.6. The van der Waals surface area contributed by atoms with E-state index in [1.807, 2.05) is 54.6 Å². The summed E-state index contributed by atoms with van der Waals surface area (Å²) in [4.78, 5) is 20.3. The van der Waals surface area contributed by atoms with E-state index in [4.69, 9.17) is 9.15 Å². The molecule has 3 heterocycles. The lowest BCUT2D eigenvalue weighted by molar-refractivity contribution is -0.122. The summed E-state index contributed by atoms with van der Waals surface area (Å²) in [7, 11) is 0. The molecule has 4 aromatic rings. The van der Waals surface area contributed by atoms with Crippen LogP contribution >= 0.6 is 0 Å². The number of pyridine rings is 1. The Morgan fingerprint density at radius 2 is 1.84 bits per heavy atom. The van der Waals surface area contributed by atoms with Crippen LogP contribution in [0.5, 0.6) is 5.75 Å². The molecule has 2 aromatic carbocycles. The highest BCUT2D eigenvalue weighted by Crippen LogP contribution is 2.28. The molecule has 1 amide bonds. The number of ether oxygens (including phenoxy) is 1. The molecule has 0 spiro atoms. The van der Waals surface area contributed by atoms with Crippen LogP contribution in [0.25, 0.3) is 22.6 Å². The van der Waals surface area contributed by atoms with Crippen LogP contribution in [0.1, 0.15) is 30.9 Å². The fraction of sp³-hybridized carbons (Fsp3) is 0.200. The molecular formula is C25H22N4O3. The van der Waals surface area contributed by atoms with Gasteiger partial charge < -0.3 is 9.15 Å². The summed E-state index contributed by atoms with van der Waals surface area (Å²) in [6.45, 7) is 2.55. The van der Waals surface area contributed by atoms with Crippen molar-refractivity contribution < 1.29 is 13.9 Å². The van der Waals surface area contributed by atoms with Crippen molar-refractivity contribution in [2.75, 3.05) is 0 Å². The molecule has 2 aromatic heterocycles. The van der Waals surface area contributed by atoms with E-state index in [9.17, 15) is 4.79 Å². The van der Waals surface area contributed by atoms with Crippen molar-refractivity contribution in [2.24, 2.45) is 11.0 Å². The second kappa shape index (κ2) is 8.63. The Hall–Kier alpha value is -4.00. The maximum atomic E-state index is 11.7. The summed E-state index contributed by atoms with van der Waals surface area (Å²) in [5.41, 5.74) is 7.79. The second-order valence-corrected chi connectivity index (χ2v) is 7.71. The van der Waals surface area contributed by atoms with Crippen LogP contribution < -0.4 is 10.2 Å². The molecule has 0 aliphatic carbocycles. The van der Waals surface area contributed by atoms with Gasteiger partial charge in [0, 0.05) is 35.9 Å². The summed E-state index contributed by atoms with van der Waals surface area (Å²) < 4.78 is 11.9. The molecule has 0 saturated heterocycles. The Labute approximate surface area is 185 Å². The zero-order chi connectivity index (χ0) is 21.9. The summed E-state index contributed by atoms with van der Waals surface area (Å²) in [6.07, 6.45) is 4.80. The number of oxazole rings is 1. The average Bonchev–Trinajstić information content (AvgIpc) is 3.27. The van der Waals surface area contributed by atoms with Crippen LogP contribution in [0.3, 0.4) is 0 Å². The zero-order valence-corrected chi connectivity index (χ0v) is 17.6.